The van der Waals surface area contributed by atoms with Crippen molar-refractivity contribution in [3.05, 3.63) is 71.5 Å². The minimum atomic E-state index is 0.796. The van der Waals surface area contributed by atoms with Gasteiger partial charge in [-0.2, -0.15) is 0 Å². The number of hydrogen-bond donors (Lipinski definition) is 0. The molecular formula is C20H17N3O. The zero-order valence-electron chi connectivity index (χ0n) is 13.6. The molecule has 0 N–H and O–H groups in total. The maximum absolute atomic E-state index is 5.63. The van der Waals surface area contributed by atoms with Crippen LogP contribution in [0.3, 0.4) is 0 Å². The van der Waals surface area contributed by atoms with E-state index in [0.717, 1.165) is 39.8 Å². The second-order valence-corrected chi connectivity index (χ2v) is 5.68. The van der Waals surface area contributed by atoms with Crippen LogP contribution in [-0.4, -0.2) is 17.1 Å². The first-order valence-electron chi connectivity index (χ1n) is 7.81. The van der Waals surface area contributed by atoms with Crippen molar-refractivity contribution in [2.75, 3.05) is 12.0 Å². The number of aromatic nitrogens is 2. The first-order valence-corrected chi connectivity index (χ1v) is 7.81. The van der Waals surface area contributed by atoms with Crippen LogP contribution in [0.15, 0.2) is 54.9 Å². The third kappa shape index (κ3) is 2.33. The van der Waals surface area contributed by atoms with Gasteiger partial charge in [0.1, 0.15) is 17.4 Å². The molecule has 4 heteroatoms. The van der Waals surface area contributed by atoms with Gasteiger partial charge in [0, 0.05) is 23.5 Å². The van der Waals surface area contributed by atoms with Crippen molar-refractivity contribution in [1.82, 2.24) is 9.97 Å². The zero-order chi connectivity index (χ0) is 16.5. The summed E-state index contributed by atoms with van der Waals surface area (Å²) in [6.07, 6.45) is 7.75. The van der Waals surface area contributed by atoms with Gasteiger partial charge in [0.2, 0.25) is 0 Å². The molecule has 0 unspecified atom stereocenters. The highest BCUT2D eigenvalue weighted by Gasteiger charge is 2.24. The Morgan fingerprint density at radius 1 is 0.875 bits per heavy atom. The van der Waals surface area contributed by atoms with E-state index < -0.39 is 0 Å². The molecule has 1 aromatic carbocycles. The molecule has 118 valence electrons. The van der Waals surface area contributed by atoms with Crippen LogP contribution in [-0.2, 0) is 0 Å². The Balaban J connectivity index is 2.02. The van der Waals surface area contributed by atoms with Crippen molar-refractivity contribution in [2.45, 2.75) is 6.92 Å². The van der Waals surface area contributed by atoms with E-state index >= 15 is 0 Å². The summed E-state index contributed by atoms with van der Waals surface area (Å²) in [5.41, 5.74) is 4.15. The summed E-state index contributed by atoms with van der Waals surface area (Å²) in [5, 5.41) is 0. The average Bonchev–Trinajstić information content (AvgIpc) is 2.79. The van der Waals surface area contributed by atoms with Crippen LogP contribution in [0.5, 0.6) is 5.75 Å². The Morgan fingerprint density at radius 2 is 1.50 bits per heavy atom. The number of benzene rings is 1. The monoisotopic (exact) mass is 315 g/mol. The fourth-order valence-electron chi connectivity index (χ4n) is 2.93. The molecule has 0 saturated heterocycles. The van der Waals surface area contributed by atoms with Crippen molar-refractivity contribution in [3.8, 4) is 5.75 Å². The van der Waals surface area contributed by atoms with E-state index in [1.807, 2.05) is 18.2 Å². The minimum Gasteiger partial charge on any atom is -0.495 e. The van der Waals surface area contributed by atoms with E-state index in [4.69, 9.17) is 4.74 Å². The van der Waals surface area contributed by atoms with E-state index in [1.165, 1.54) is 0 Å². The molecular weight excluding hydrogens is 298 g/mol. The molecule has 1 aliphatic heterocycles. The maximum atomic E-state index is 5.63. The minimum absolute atomic E-state index is 0.796. The molecule has 3 heterocycles. The Hall–Kier alpha value is -3.14. The number of rotatable bonds is 2. The maximum Gasteiger partial charge on any atom is 0.146 e. The van der Waals surface area contributed by atoms with E-state index in [0.29, 0.717) is 0 Å². The lowest BCUT2D eigenvalue weighted by atomic mass is 10.1. The highest BCUT2D eigenvalue weighted by Crippen LogP contribution is 2.43. The molecule has 0 aliphatic carbocycles. The molecule has 24 heavy (non-hydrogen) atoms. The summed E-state index contributed by atoms with van der Waals surface area (Å²) in [4.78, 5) is 11.3. The van der Waals surface area contributed by atoms with Crippen LogP contribution in [0.1, 0.15) is 16.7 Å². The molecule has 0 radical (unpaired) electrons. The predicted octanol–water partition coefficient (Wildman–Crippen LogP) is 4.75. The van der Waals surface area contributed by atoms with Crippen LogP contribution in [0.2, 0.25) is 0 Å². The number of nitrogens with zero attached hydrogens (tertiary/aromatic N) is 3. The zero-order valence-corrected chi connectivity index (χ0v) is 13.6. The van der Waals surface area contributed by atoms with Gasteiger partial charge in [0.05, 0.1) is 12.8 Å². The summed E-state index contributed by atoms with van der Waals surface area (Å²) < 4.78 is 5.63. The first kappa shape index (κ1) is 14.5. The van der Waals surface area contributed by atoms with Crippen LogP contribution < -0.4 is 9.64 Å². The van der Waals surface area contributed by atoms with Crippen LogP contribution in [0.4, 0.5) is 17.3 Å². The Kier molecular flexibility index (Phi) is 3.50. The second kappa shape index (κ2) is 5.81. The fraction of sp³-hybridized carbons (Fsp3) is 0.100. The number of anilines is 3. The highest BCUT2D eigenvalue weighted by molar-refractivity contribution is 5.91. The second-order valence-electron chi connectivity index (χ2n) is 5.68. The summed E-state index contributed by atoms with van der Waals surface area (Å²) in [5.74, 6) is 2.48. The molecule has 3 aromatic rings. The lowest BCUT2D eigenvalue weighted by Gasteiger charge is -2.26. The van der Waals surface area contributed by atoms with Gasteiger partial charge in [-0.25, -0.2) is 9.97 Å². The smallest absolute Gasteiger partial charge is 0.146 e. The topological polar surface area (TPSA) is 38.2 Å². The molecule has 0 atom stereocenters. The van der Waals surface area contributed by atoms with Gasteiger partial charge in [-0.3, -0.25) is 4.90 Å². The average molecular weight is 315 g/mol. The first-order chi connectivity index (χ1) is 11.8. The molecule has 0 fully saturated rings. The highest BCUT2D eigenvalue weighted by atomic mass is 16.5. The third-order valence-electron chi connectivity index (χ3n) is 4.08. The Bertz CT molecular complexity index is 884. The van der Waals surface area contributed by atoms with Gasteiger partial charge in [-0.05, 0) is 48.9 Å². The van der Waals surface area contributed by atoms with Crippen LogP contribution >= 0.6 is 0 Å². The number of pyridine rings is 2. The van der Waals surface area contributed by atoms with Crippen molar-refractivity contribution in [2.24, 2.45) is 0 Å². The molecule has 1 aliphatic rings. The number of hydrogen-bond acceptors (Lipinski definition) is 4. The molecule has 0 bridgehead atoms. The van der Waals surface area contributed by atoms with Crippen molar-refractivity contribution in [1.29, 1.82) is 0 Å². The van der Waals surface area contributed by atoms with Crippen molar-refractivity contribution < 1.29 is 4.74 Å². The largest absolute Gasteiger partial charge is 0.495 e. The predicted molar refractivity (Wildman–Crippen MR) is 96.9 cm³/mol. The number of fused-ring (bicyclic) bond motifs is 2. The molecule has 0 saturated carbocycles. The van der Waals surface area contributed by atoms with Gasteiger partial charge in [0.25, 0.3) is 0 Å². The molecule has 4 nitrogen and oxygen atoms in total. The Labute approximate surface area is 141 Å². The van der Waals surface area contributed by atoms with Gasteiger partial charge in [-0.1, -0.05) is 18.2 Å². The van der Waals surface area contributed by atoms with E-state index in [-0.39, 0.29) is 0 Å². The normalized spacial score (nSPS) is 12.3. The summed E-state index contributed by atoms with van der Waals surface area (Å²) >= 11 is 0. The lowest BCUT2D eigenvalue weighted by Crippen LogP contribution is -2.15. The van der Waals surface area contributed by atoms with E-state index in [1.54, 1.807) is 19.5 Å². The summed E-state index contributed by atoms with van der Waals surface area (Å²) in [6.45, 7) is 2.05. The third-order valence-corrected chi connectivity index (χ3v) is 4.08. The van der Waals surface area contributed by atoms with Gasteiger partial charge >= 0.3 is 0 Å². The molecule has 0 spiro atoms. The number of ether oxygens (including phenoxy) is 1. The van der Waals surface area contributed by atoms with Crippen molar-refractivity contribution >= 4 is 29.5 Å². The van der Waals surface area contributed by atoms with Crippen LogP contribution in [0.25, 0.3) is 12.2 Å². The molecule has 2 aromatic heterocycles. The SMILES string of the molecule is COc1cc(C)ccc1N1c2ncccc2C=Cc2cccnc21. The summed E-state index contributed by atoms with van der Waals surface area (Å²) in [7, 11) is 1.69. The van der Waals surface area contributed by atoms with Gasteiger partial charge in [-0.15, -0.1) is 0 Å². The Morgan fingerprint density at radius 3 is 2.08 bits per heavy atom. The van der Waals surface area contributed by atoms with Crippen LogP contribution in [0, 0.1) is 6.92 Å². The van der Waals surface area contributed by atoms with E-state index in [2.05, 4.69) is 58.2 Å². The molecule has 0 amide bonds. The molecule has 4 rings (SSSR count). The number of methoxy groups -OCH3 is 1. The van der Waals surface area contributed by atoms with Gasteiger partial charge in [0.15, 0.2) is 0 Å². The van der Waals surface area contributed by atoms with E-state index in [9.17, 15) is 0 Å². The standard InChI is InChI=1S/C20H17N3O/c1-14-7-10-17(18(13-14)24-2)23-19-15(5-3-11-21-19)8-9-16-6-4-12-22-20(16)23/h3-13H,1-2H3. The van der Waals surface area contributed by atoms with Crippen molar-refractivity contribution in [3.63, 3.8) is 0 Å². The summed E-state index contributed by atoms with van der Waals surface area (Å²) in [6, 6.07) is 14.1. The quantitative estimate of drug-likeness (QED) is 0.535. The number of aryl methyl sites for hydroxylation is 1. The fourth-order valence-corrected chi connectivity index (χ4v) is 2.93. The van der Waals surface area contributed by atoms with Gasteiger partial charge < -0.3 is 4.74 Å². The lowest BCUT2D eigenvalue weighted by molar-refractivity contribution is 0.415.